The number of benzene rings is 2. The highest BCUT2D eigenvalue weighted by Gasteiger charge is 2.51. The highest BCUT2D eigenvalue weighted by molar-refractivity contribution is 5.76. The zero-order chi connectivity index (χ0) is 24.3. The van der Waals surface area contributed by atoms with E-state index in [2.05, 4.69) is 9.97 Å². The number of aromatic amines is 1. The number of anilines is 1. The lowest BCUT2D eigenvalue weighted by atomic mass is 9.99. The second-order valence-electron chi connectivity index (χ2n) is 8.68. The Bertz CT molecular complexity index is 1330. The first-order chi connectivity index (χ1) is 17.1. The van der Waals surface area contributed by atoms with E-state index in [0.29, 0.717) is 30.7 Å². The molecule has 3 heterocycles. The number of alkyl halides is 1. The molecule has 4 aromatic rings. The van der Waals surface area contributed by atoms with E-state index >= 15 is 0 Å². The summed E-state index contributed by atoms with van der Waals surface area (Å²) in [6.07, 6.45) is 0.844. The highest BCUT2D eigenvalue weighted by Crippen LogP contribution is 2.41. The summed E-state index contributed by atoms with van der Waals surface area (Å²) in [6.45, 7) is -0.169. The molecule has 8 nitrogen and oxygen atoms in total. The summed E-state index contributed by atoms with van der Waals surface area (Å²) in [6, 6.07) is 21.0. The maximum Gasteiger partial charge on any atom is 0.261 e. The van der Waals surface area contributed by atoms with E-state index in [-0.39, 0.29) is 18.1 Å². The van der Waals surface area contributed by atoms with E-state index in [4.69, 9.17) is 19.9 Å². The number of H-pyrrole nitrogens is 1. The summed E-state index contributed by atoms with van der Waals surface area (Å²) in [7, 11) is 0. The molecule has 5 rings (SSSR count). The minimum atomic E-state index is -1.32. The van der Waals surface area contributed by atoms with Crippen molar-refractivity contribution >= 4 is 17.0 Å². The summed E-state index contributed by atoms with van der Waals surface area (Å²) >= 11 is 0. The quantitative estimate of drug-likeness (QED) is 0.380. The first-order valence-electron chi connectivity index (χ1n) is 11.5. The summed E-state index contributed by atoms with van der Waals surface area (Å²) in [5.74, 6) is 0.000253. The smallest absolute Gasteiger partial charge is 0.261 e. The van der Waals surface area contributed by atoms with Gasteiger partial charge < -0.3 is 24.5 Å². The lowest BCUT2D eigenvalue weighted by Crippen LogP contribution is -2.47. The Morgan fingerprint density at radius 3 is 2.46 bits per heavy atom. The average Bonchev–Trinajstić information content (AvgIpc) is 3.46. The molecule has 1 saturated heterocycles. The van der Waals surface area contributed by atoms with Crippen LogP contribution >= 0.6 is 0 Å². The van der Waals surface area contributed by atoms with Crippen LogP contribution in [-0.4, -0.2) is 39.5 Å². The van der Waals surface area contributed by atoms with Gasteiger partial charge in [-0.05, 0) is 17.2 Å². The Hall–Kier alpha value is -3.53. The number of nitrogen functional groups attached to an aromatic ring is 1. The number of hydrogen-bond acceptors (Lipinski definition) is 6. The van der Waals surface area contributed by atoms with Gasteiger partial charge in [0.2, 0.25) is 5.95 Å². The number of hydrogen-bond donors (Lipinski definition) is 2. The first-order valence-corrected chi connectivity index (χ1v) is 11.5. The molecule has 0 aliphatic carbocycles. The SMILES string of the molecule is Nc1nc2c(ccn2[C@H]2C[C@H](OCc3ccccc3)[C@@](CF)(COCc3ccccc3)O2)c(=O)[nH]1. The zero-order valence-electron chi connectivity index (χ0n) is 19.1. The van der Waals surface area contributed by atoms with Crippen LogP contribution in [-0.2, 0) is 27.4 Å². The minimum Gasteiger partial charge on any atom is -0.374 e. The average molecular weight is 479 g/mol. The van der Waals surface area contributed by atoms with E-state index in [1.807, 2.05) is 60.7 Å². The molecular weight excluding hydrogens is 451 g/mol. The number of nitrogens with two attached hydrogens (primary N) is 1. The molecule has 2 aromatic carbocycles. The van der Waals surface area contributed by atoms with Gasteiger partial charge in [0, 0.05) is 12.6 Å². The molecule has 0 saturated carbocycles. The number of halogens is 1. The molecular formula is C26H27FN4O4. The van der Waals surface area contributed by atoms with Gasteiger partial charge in [-0.2, -0.15) is 4.98 Å². The van der Waals surface area contributed by atoms with Crippen molar-refractivity contribution in [3.8, 4) is 0 Å². The Balaban J connectivity index is 1.41. The summed E-state index contributed by atoms with van der Waals surface area (Å²) in [4.78, 5) is 19.0. The number of fused-ring (bicyclic) bond motifs is 1. The largest absolute Gasteiger partial charge is 0.374 e. The molecule has 3 atom stereocenters. The van der Waals surface area contributed by atoms with Crippen LogP contribution < -0.4 is 11.3 Å². The Labute approximate surface area is 201 Å². The molecule has 0 bridgehead atoms. The number of aromatic nitrogens is 3. The van der Waals surface area contributed by atoms with Crippen molar-refractivity contribution in [1.82, 2.24) is 14.5 Å². The fourth-order valence-electron chi connectivity index (χ4n) is 4.45. The van der Waals surface area contributed by atoms with Gasteiger partial charge in [0.15, 0.2) is 5.65 Å². The van der Waals surface area contributed by atoms with Gasteiger partial charge in [0.25, 0.3) is 5.56 Å². The normalized spacial score (nSPS) is 22.1. The molecule has 0 amide bonds. The molecule has 9 heteroatoms. The number of ether oxygens (including phenoxy) is 3. The third-order valence-electron chi connectivity index (χ3n) is 6.26. The molecule has 1 aliphatic heterocycles. The summed E-state index contributed by atoms with van der Waals surface area (Å²) in [5, 5.41) is 0.377. The van der Waals surface area contributed by atoms with Gasteiger partial charge in [-0.15, -0.1) is 0 Å². The van der Waals surface area contributed by atoms with E-state index in [9.17, 15) is 9.18 Å². The van der Waals surface area contributed by atoms with Gasteiger partial charge in [-0.25, -0.2) is 4.39 Å². The third kappa shape index (κ3) is 4.84. The van der Waals surface area contributed by atoms with E-state index < -0.39 is 24.6 Å². The van der Waals surface area contributed by atoms with Crippen LogP contribution in [0.2, 0.25) is 0 Å². The maximum absolute atomic E-state index is 14.7. The van der Waals surface area contributed by atoms with Crippen molar-refractivity contribution in [3.05, 3.63) is 94.4 Å². The van der Waals surface area contributed by atoms with Crippen molar-refractivity contribution in [2.75, 3.05) is 19.0 Å². The predicted molar refractivity (Wildman–Crippen MR) is 129 cm³/mol. The summed E-state index contributed by atoms with van der Waals surface area (Å²) < 4.78 is 34.9. The fraction of sp³-hybridized carbons (Fsp3) is 0.308. The Kier molecular flexibility index (Phi) is 6.63. The van der Waals surface area contributed by atoms with Crippen molar-refractivity contribution in [1.29, 1.82) is 0 Å². The highest BCUT2D eigenvalue weighted by atomic mass is 19.1. The molecule has 0 spiro atoms. The molecule has 2 aromatic heterocycles. The molecule has 0 radical (unpaired) electrons. The lowest BCUT2D eigenvalue weighted by molar-refractivity contribution is -0.163. The van der Waals surface area contributed by atoms with Crippen LogP contribution in [0.25, 0.3) is 11.0 Å². The van der Waals surface area contributed by atoms with Crippen molar-refractivity contribution in [2.24, 2.45) is 0 Å². The van der Waals surface area contributed by atoms with Crippen molar-refractivity contribution in [3.63, 3.8) is 0 Å². The van der Waals surface area contributed by atoms with Gasteiger partial charge in [0.1, 0.15) is 18.5 Å². The Morgan fingerprint density at radius 1 is 1.09 bits per heavy atom. The lowest BCUT2D eigenvalue weighted by Gasteiger charge is -2.31. The van der Waals surface area contributed by atoms with E-state index in [1.165, 1.54) is 0 Å². The van der Waals surface area contributed by atoms with Gasteiger partial charge in [-0.3, -0.25) is 9.78 Å². The third-order valence-corrected chi connectivity index (χ3v) is 6.26. The fourth-order valence-corrected chi connectivity index (χ4v) is 4.45. The zero-order valence-corrected chi connectivity index (χ0v) is 19.1. The monoisotopic (exact) mass is 478 g/mol. The van der Waals surface area contributed by atoms with Crippen LogP contribution in [0.15, 0.2) is 77.7 Å². The Morgan fingerprint density at radius 2 is 1.77 bits per heavy atom. The van der Waals surface area contributed by atoms with Gasteiger partial charge in [0.05, 0.1) is 31.3 Å². The van der Waals surface area contributed by atoms with Crippen molar-refractivity contribution < 1.29 is 18.6 Å². The van der Waals surface area contributed by atoms with Crippen LogP contribution in [0.5, 0.6) is 0 Å². The van der Waals surface area contributed by atoms with Crippen LogP contribution in [0.3, 0.4) is 0 Å². The topological polar surface area (TPSA) is 104 Å². The molecule has 182 valence electrons. The summed E-state index contributed by atoms with van der Waals surface area (Å²) in [5.41, 5.74) is 6.43. The van der Waals surface area contributed by atoms with E-state index in [0.717, 1.165) is 11.1 Å². The molecule has 35 heavy (non-hydrogen) atoms. The van der Waals surface area contributed by atoms with E-state index in [1.54, 1.807) is 16.8 Å². The molecule has 1 aliphatic rings. The molecule has 1 fully saturated rings. The standard InChI is InChI=1S/C26H27FN4O4/c27-16-26(17-33-14-18-7-3-1-4-8-18)21(34-15-19-9-5-2-6-10-19)13-22(35-26)31-12-11-20-23(31)29-25(28)30-24(20)32/h1-12,21-22H,13-17H2,(H3,28,29,30,32)/t21-,22+,26+/m0/s1. The predicted octanol–water partition coefficient (Wildman–Crippen LogP) is 3.74. The first kappa shape index (κ1) is 23.2. The maximum atomic E-state index is 14.7. The number of rotatable bonds is 9. The van der Waals surface area contributed by atoms with Crippen LogP contribution in [0, 0.1) is 0 Å². The van der Waals surface area contributed by atoms with Crippen LogP contribution in [0.1, 0.15) is 23.8 Å². The second kappa shape index (κ2) is 9.99. The second-order valence-corrected chi connectivity index (χ2v) is 8.68. The number of nitrogens with zero attached hydrogens (tertiary/aromatic N) is 2. The minimum absolute atomic E-state index is 0.000253. The van der Waals surface area contributed by atoms with Gasteiger partial charge in [-0.1, -0.05) is 60.7 Å². The van der Waals surface area contributed by atoms with Crippen LogP contribution in [0.4, 0.5) is 10.3 Å². The van der Waals surface area contributed by atoms with Gasteiger partial charge >= 0.3 is 0 Å². The van der Waals surface area contributed by atoms with Crippen molar-refractivity contribution in [2.45, 2.75) is 37.6 Å². The number of nitrogens with one attached hydrogen (secondary N) is 1. The molecule has 3 N–H and O–H groups in total. The molecule has 0 unspecified atom stereocenters.